The Morgan fingerprint density at radius 3 is 1.50 bits per heavy atom. The second kappa shape index (κ2) is 6.37. The Balaban J connectivity index is -0.000000125. The molecule has 0 unspecified atom stereocenters. The maximum Gasteiger partial charge on any atom is 2.00 e. The maximum atomic E-state index is 3.89. The van der Waals surface area contributed by atoms with Crippen LogP contribution in [0.2, 0.25) is 0 Å². The van der Waals surface area contributed by atoms with Gasteiger partial charge in [-0.2, -0.15) is 5.41 Å². The van der Waals surface area contributed by atoms with Gasteiger partial charge in [0.05, 0.1) is 0 Å². The summed E-state index contributed by atoms with van der Waals surface area (Å²) in [5, 5.41) is 0. The van der Waals surface area contributed by atoms with Crippen LogP contribution in [-0.2, 0) is 0 Å². The molecule has 0 amide bonds. The Kier molecular flexibility index (Phi) is 12.8. The molecule has 0 rings (SSSR count). The number of halogens is 1. The molecule has 0 saturated carbocycles. The van der Waals surface area contributed by atoms with Crippen LogP contribution in [0.3, 0.4) is 0 Å². The molecule has 2 heteroatoms. The van der Waals surface area contributed by atoms with Crippen molar-refractivity contribution < 1.29 is 17.0 Å². The molecule has 0 nitrogen and oxygen atoms in total. The second-order valence-electron chi connectivity index (χ2n) is 2.52. The summed E-state index contributed by atoms with van der Waals surface area (Å²) in [5.41, 5.74) is 0.292. The van der Waals surface area contributed by atoms with E-state index in [0.29, 0.717) is 5.41 Å². The summed E-state index contributed by atoms with van der Waals surface area (Å²) in [5.74, 6) is 0. The Bertz CT molecular complexity index is 38.3. The van der Waals surface area contributed by atoms with Crippen molar-refractivity contribution in [1.29, 1.82) is 0 Å². The first-order chi connectivity index (χ1) is 2.56. The fourth-order valence-electron chi connectivity index (χ4n) is 0. The number of hydrogen-bond acceptors (Lipinski definition) is 0. The monoisotopic (exact) mass is 188 g/mol. The first kappa shape index (κ1) is 16.1. The van der Waals surface area contributed by atoms with Gasteiger partial charge in [0.15, 0.2) is 0 Å². The molecule has 0 saturated heterocycles. The minimum Gasteiger partial charge on any atom is -1.00 e. The summed E-state index contributed by atoms with van der Waals surface area (Å²) in [4.78, 5) is 0. The van der Waals surface area contributed by atoms with Gasteiger partial charge in [0, 0.05) is 0 Å². The Morgan fingerprint density at radius 1 is 1.38 bits per heavy atom. The van der Waals surface area contributed by atoms with Gasteiger partial charge < -0.3 is 23.9 Å². The smallest absolute Gasteiger partial charge is 1.00 e. The zero-order chi connectivity index (χ0) is 5.21. The molecule has 0 bridgehead atoms. The van der Waals surface area contributed by atoms with Crippen molar-refractivity contribution in [1.82, 2.24) is 0 Å². The Labute approximate surface area is 79.3 Å². The zero-order valence-electron chi connectivity index (χ0n) is 6.00. The molecule has 0 aromatic rings. The molecule has 0 fully saturated rings. The van der Waals surface area contributed by atoms with Crippen molar-refractivity contribution >= 4 is 23.1 Å². The molecule has 0 radical (unpaired) electrons. The molecule has 8 heavy (non-hydrogen) atoms. The first-order valence-electron chi connectivity index (χ1n) is 2.41. The zero-order valence-corrected chi connectivity index (χ0v) is 9.00. The molecule has 0 aliphatic carbocycles. The summed E-state index contributed by atoms with van der Waals surface area (Å²) in [6.07, 6.45) is 1.16. The molecule has 0 aliphatic rings. The number of rotatable bonds is 1. The third-order valence-electron chi connectivity index (χ3n) is 0.957. The molecule has 0 spiro atoms. The predicted octanol–water partition coefficient (Wildman–Crippen LogP) is -1.12. The van der Waals surface area contributed by atoms with E-state index in [0.717, 1.165) is 6.42 Å². The van der Waals surface area contributed by atoms with Crippen LogP contribution in [0.5, 0.6) is 0 Å². The second-order valence-corrected chi connectivity index (χ2v) is 2.52. The van der Waals surface area contributed by atoms with E-state index in [4.69, 9.17) is 0 Å². The fourth-order valence-corrected chi connectivity index (χ4v) is 0. The average molecular weight is 189 g/mol. The van der Waals surface area contributed by atoms with Crippen molar-refractivity contribution in [3.05, 3.63) is 6.92 Å². The van der Waals surface area contributed by atoms with Gasteiger partial charge in [-0.15, -0.1) is 0 Å². The Morgan fingerprint density at radius 2 is 1.50 bits per heavy atom. The summed E-state index contributed by atoms with van der Waals surface area (Å²) in [7, 11) is 0. The van der Waals surface area contributed by atoms with Gasteiger partial charge in [0.2, 0.25) is 0 Å². The van der Waals surface area contributed by atoms with E-state index in [-0.39, 0.29) is 40.0 Å². The third kappa shape index (κ3) is 15.7. The van der Waals surface area contributed by atoms with Crippen molar-refractivity contribution in [2.24, 2.45) is 5.41 Å². The molecular weight excluding hydrogens is 176 g/mol. The average Bonchev–Trinajstić information content (AvgIpc) is 1.35. The van der Waals surface area contributed by atoms with Gasteiger partial charge in [-0.1, -0.05) is 27.2 Å². The van der Waals surface area contributed by atoms with Crippen molar-refractivity contribution in [3.63, 3.8) is 0 Å². The van der Waals surface area contributed by atoms with Crippen LogP contribution in [0.4, 0.5) is 0 Å². The SMILES string of the molecule is [Br-].[CH2-]C(C)(C)CC.[Mg+2]. The van der Waals surface area contributed by atoms with E-state index >= 15 is 0 Å². The van der Waals surface area contributed by atoms with E-state index in [2.05, 4.69) is 27.7 Å². The predicted molar refractivity (Wildman–Crippen MR) is 35.2 cm³/mol. The van der Waals surface area contributed by atoms with E-state index < -0.39 is 0 Å². The maximum absolute atomic E-state index is 3.89. The first-order valence-corrected chi connectivity index (χ1v) is 2.41. The standard InChI is InChI=1S/C6H13.BrH.Mg/c1-5-6(2,3)4;;/h2,5H2,1,3-4H3;1H;/q-1;;+2/p-1. The van der Waals surface area contributed by atoms with Crippen LogP contribution >= 0.6 is 0 Å². The summed E-state index contributed by atoms with van der Waals surface area (Å²) >= 11 is 0. The molecule has 0 atom stereocenters. The van der Waals surface area contributed by atoms with Gasteiger partial charge >= 0.3 is 23.1 Å². The van der Waals surface area contributed by atoms with Crippen LogP contribution in [-0.4, -0.2) is 23.1 Å². The van der Waals surface area contributed by atoms with Gasteiger partial charge in [0.25, 0.3) is 0 Å². The van der Waals surface area contributed by atoms with Crippen LogP contribution in [0.1, 0.15) is 27.2 Å². The molecule has 0 aromatic heterocycles. The molecular formula is C6H13BrMg. The summed E-state index contributed by atoms with van der Waals surface area (Å²) in [6.45, 7) is 10.3. The van der Waals surface area contributed by atoms with Crippen LogP contribution in [0.15, 0.2) is 0 Å². The number of hydrogen-bond donors (Lipinski definition) is 0. The van der Waals surface area contributed by atoms with Gasteiger partial charge in [0.1, 0.15) is 0 Å². The molecule has 0 N–H and O–H groups in total. The van der Waals surface area contributed by atoms with Crippen LogP contribution < -0.4 is 17.0 Å². The third-order valence-corrected chi connectivity index (χ3v) is 0.957. The minimum absolute atomic E-state index is 0. The quantitative estimate of drug-likeness (QED) is 0.362. The van der Waals surface area contributed by atoms with Gasteiger partial charge in [-0.05, 0) is 0 Å². The molecule has 0 heterocycles. The van der Waals surface area contributed by atoms with Crippen molar-refractivity contribution in [3.8, 4) is 0 Å². The van der Waals surface area contributed by atoms with Crippen molar-refractivity contribution in [2.75, 3.05) is 0 Å². The molecule has 0 aromatic carbocycles. The van der Waals surface area contributed by atoms with Crippen LogP contribution in [0.25, 0.3) is 0 Å². The van der Waals surface area contributed by atoms with E-state index in [1.807, 2.05) is 0 Å². The Hall–Kier alpha value is 1.25. The van der Waals surface area contributed by atoms with Gasteiger partial charge in [-0.25, -0.2) is 0 Å². The summed E-state index contributed by atoms with van der Waals surface area (Å²) in [6, 6.07) is 0. The molecule has 0 aliphatic heterocycles. The van der Waals surface area contributed by atoms with Crippen LogP contribution in [0, 0.1) is 12.3 Å². The normalized spacial score (nSPS) is 9.00. The van der Waals surface area contributed by atoms with Crippen molar-refractivity contribution in [2.45, 2.75) is 27.2 Å². The summed E-state index contributed by atoms with van der Waals surface area (Å²) < 4.78 is 0. The van der Waals surface area contributed by atoms with E-state index in [1.54, 1.807) is 0 Å². The van der Waals surface area contributed by atoms with Gasteiger partial charge in [-0.3, -0.25) is 0 Å². The largest absolute Gasteiger partial charge is 2.00 e. The molecule has 46 valence electrons. The van der Waals surface area contributed by atoms with E-state index in [1.165, 1.54) is 0 Å². The topological polar surface area (TPSA) is 0 Å². The minimum atomic E-state index is 0. The fraction of sp³-hybridized carbons (Fsp3) is 0.833. The van der Waals surface area contributed by atoms with E-state index in [9.17, 15) is 0 Å².